The zero-order chi connectivity index (χ0) is 13.2. The van der Waals surface area contributed by atoms with Gasteiger partial charge in [0, 0.05) is 16.0 Å². The summed E-state index contributed by atoms with van der Waals surface area (Å²) >= 11 is 10.0. The number of thiophene rings is 1. The Kier molecular flexibility index (Phi) is 4.32. The molecule has 0 saturated heterocycles. The second kappa shape index (κ2) is 5.61. The minimum atomic E-state index is -3.53. The van der Waals surface area contributed by atoms with E-state index in [1.807, 2.05) is 0 Å². The Labute approximate surface area is 123 Å². The van der Waals surface area contributed by atoms with E-state index in [-0.39, 0.29) is 4.21 Å². The molecule has 3 nitrogen and oxygen atoms in total. The number of rotatable bonds is 4. The number of hydrogen-bond acceptors (Lipinski definition) is 3. The van der Waals surface area contributed by atoms with Crippen molar-refractivity contribution in [3.63, 3.8) is 0 Å². The maximum absolute atomic E-state index is 12.1. The van der Waals surface area contributed by atoms with E-state index in [0.717, 1.165) is 16.9 Å². The van der Waals surface area contributed by atoms with Crippen LogP contribution in [0.4, 0.5) is 5.69 Å². The fraction of sp³-hybridized carbons (Fsp3) is 0.0909. The van der Waals surface area contributed by atoms with E-state index >= 15 is 0 Å². The van der Waals surface area contributed by atoms with Crippen LogP contribution in [0.15, 0.2) is 44.4 Å². The third kappa shape index (κ3) is 3.06. The molecule has 1 aromatic heterocycles. The second-order valence-corrected chi connectivity index (χ2v) is 7.41. The van der Waals surface area contributed by atoms with Crippen LogP contribution in [0.2, 0.25) is 0 Å². The molecule has 0 unspecified atom stereocenters. The van der Waals surface area contributed by atoms with Crippen molar-refractivity contribution in [1.29, 1.82) is 0 Å². The van der Waals surface area contributed by atoms with Crippen LogP contribution < -0.4 is 4.72 Å². The Morgan fingerprint density at radius 3 is 2.39 bits per heavy atom. The summed E-state index contributed by atoms with van der Waals surface area (Å²) in [5.41, 5.74) is 1.46. The van der Waals surface area contributed by atoms with Gasteiger partial charge in [0.1, 0.15) is 0 Å². The summed E-state index contributed by atoms with van der Waals surface area (Å²) in [5.74, 6) is 0.406. The van der Waals surface area contributed by atoms with Gasteiger partial charge < -0.3 is 0 Å². The van der Waals surface area contributed by atoms with Crippen molar-refractivity contribution in [2.75, 3.05) is 4.72 Å². The third-order valence-corrected chi connectivity index (χ3v) is 6.55. The standard InChI is InChI=1S/C11H9BrClNO2S2/c12-10-5-6-17-11(10)18(15,16)14-9-3-1-8(7-13)2-4-9/h1-6,14H,7H2. The molecule has 2 rings (SSSR count). The van der Waals surface area contributed by atoms with Crippen molar-refractivity contribution >= 4 is 54.6 Å². The predicted octanol–water partition coefficient (Wildman–Crippen LogP) is 4.05. The van der Waals surface area contributed by atoms with Gasteiger partial charge in [-0.3, -0.25) is 4.72 Å². The molecule has 96 valence electrons. The van der Waals surface area contributed by atoms with Crippen LogP contribution in [0.5, 0.6) is 0 Å². The normalized spacial score (nSPS) is 11.4. The zero-order valence-corrected chi connectivity index (χ0v) is 13.0. The molecule has 2 aromatic rings. The fourth-order valence-corrected chi connectivity index (χ4v) is 4.91. The highest BCUT2D eigenvalue weighted by Crippen LogP contribution is 2.29. The molecule has 0 fully saturated rings. The minimum Gasteiger partial charge on any atom is -0.279 e. The molecule has 0 aliphatic carbocycles. The van der Waals surface area contributed by atoms with Gasteiger partial charge in [0.05, 0.1) is 0 Å². The van der Waals surface area contributed by atoms with E-state index in [9.17, 15) is 8.42 Å². The summed E-state index contributed by atoms with van der Waals surface area (Å²) in [7, 11) is -3.53. The molecular weight excluding hydrogens is 358 g/mol. The molecular formula is C11H9BrClNO2S2. The van der Waals surface area contributed by atoms with E-state index in [4.69, 9.17) is 11.6 Å². The molecule has 0 saturated carbocycles. The van der Waals surface area contributed by atoms with Gasteiger partial charge in [0.2, 0.25) is 0 Å². The molecule has 0 atom stereocenters. The maximum Gasteiger partial charge on any atom is 0.272 e. The molecule has 1 N–H and O–H groups in total. The van der Waals surface area contributed by atoms with Gasteiger partial charge in [-0.2, -0.15) is 0 Å². The molecule has 0 bridgehead atoms. The number of hydrogen-bond donors (Lipinski definition) is 1. The lowest BCUT2D eigenvalue weighted by Crippen LogP contribution is -2.11. The molecule has 0 aliphatic heterocycles. The molecule has 1 aromatic carbocycles. The van der Waals surface area contributed by atoms with Crippen molar-refractivity contribution in [2.24, 2.45) is 0 Å². The summed E-state index contributed by atoms with van der Waals surface area (Å²) in [6, 6.07) is 8.66. The monoisotopic (exact) mass is 365 g/mol. The topological polar surface area (TPSA) is 46.2 Å². The highest BCUT2D eigenvalue weighted by Gasteiger charge is 2.19. The van der Waals surface area contributed by atoms with Gasteiger partial charge in [0.25, 0.3) is 10.0 Å². The van der Waals surface area contributed by atoms with Crippen LogP contribution in [0.25, 0.3) is 0 Å². The Balaban J connectivity index is 2.25. The highest BCUT2D eigenvalue weighted by molar-refractivity contribution is 9.10. The van der Waals surface area contributed by atoms with Gasteiger partial charge in [-0.1, -0.05) is 12.1 Å². The quantitative estimate of drug-likeness (QED) is 0.830. The number of alkyl halides is 1. The molecule has 7 heteroatoms. The fourth-order valence-electron chi connectivity index (χ4n) is 1.33. The van der Waals surface area contributed by atoms with E-state index in [1.165, 1.54) is 0 Å². The predicted molar refractivity (Wildman–Crippen MR) is 78.8 cm³/mol. The molecule has 0 aliphatic rings. The number of sulfonamides is 1. The lowest BCUT2D eigenvalue weighted by molar-refractivity contribution is 0.603. The Morgan fingerprint density at radius 2 is 1.89 bits per heavy atom. The van der Waals surface area contributed by atoms with Crippen LogP contribution in [0.1, 0.15) is 5.56 Å². The SMILES string of the molecule is O=S(=O)(Nc1ccc(CCl)cc1)c1sccc1Br. The third-order valence-electron chi connectivity index (χ3n) is 2.19. The van der Waals surface area contributed by atoms with Crippen LogP contribution in [-0.2, 0) is 15.9 Å². The van der Waals surface area contributed by atoms with Crippen molar-refractivity contribution in [2.45, 2.75) is 10.1 Å². The van der Waals surface area contributed by atoms with Gasteiger partial charge in [-0.15, -0.1) is 22.9 Å². The second-order valence-electron chi connectivity index (χ2n) is 3.49. The lowest BCUT2D eigenvalue weighted by Gasteiger charge is -2.07. The van der Waals surface area contributed by atoms with Gasteiger partial charge in [0.15, 0.2) is 4.21 Å². The molecule has 0 spiro atoms. The summed E-state index contributed by atoms with van der Waals surface area (Å²) in [6.07, 6.45) is 0. The molecule has 18 heavy (non-hydrogen) atoms. The van der Waals surface area contributed by atoms with E-state index < -0.39 is 10.0 Å². The first-order valence-corrected chi connectivity index (χ1v) is 8.62. The maximum atomic E-state index is 12.1. The van der Waals surface area contributed by atoms with Crippen LogP contribution in [0, 0.1) is 0 Å². The first-order chi connectivity index (χ1) is 8.53. The number of benzene rings is 1. The van der Waals surface area contributed by atoms with Gasteiger partial charge in [-0.25, -0.2) is 8.42 Å². The van der Waals surface area contributed by atoms with E-state index in [2.05, 4.69) is 20.7 Å². The van der Waals surface area contributed by atoms with Crippen LogP contribution in [0.3, 0.4) is 0 Å². The van der Waals surface area contributed by atoms with Crippen LogP contribution >= 0.6 is 38.9 Å². The average Bonchev–Trinajstić information content (AvgIpc) is 2.77. The van der Waals surface area contributed by atoms with E-state index in [0.29, 0.717) is 16.0 Å². The van der Waals surface area contributed by atoms with Gasteiger partial charge >= 0.3 is 0 Å². The molecule has 0 amide bonds. The molecule has 1 heterocycles. The largest absolute Gasteiger partial charge is 0.279 e. The smallest absolute Gasteiger partial charge is 0.272 e. The zero-order valence-electron chi connectivity index (χ0n) is 9.06. The summed E-state index contributed by atoms with van der Waals surface area (Å²) in [4.78, 5) is 0. The highest BCUT2D eigenvalue weighted by atomic mass is 79.9. The number of anilines is 1. The number of nitrogens with one attached hydrogen (secondary N) is 1. The summed E-state index contributed by atoms with van der Waals surface area (Å²) in [6.45, 7) is 0. The van der Waals surface area contributed by atoms with Crippen molar-refractivity contribution in [3.8, 4) is 0 Å². The Hall–Kier alpha value is -0.560. The average molecular weight is 367 g/mol. The summed E-state index contributed by atoms with van der Waals surface area (Å²) in [5, 5.41) is 1.72. The Bertz CT molecular complexity index is 637. The minimum absolute atomic E-state index is 0.268. The first-order valence-electron chi connectivity index (χ1n) is 4.93. The van der Waals surface area contributed by atoms with Crippen LogP contribution in [-0.4, -0.2) is 8.42 Å². The van der Waals surface area contributed by atoms with Crippen molar-refractivity contribution in [1.82, 2.24) is 0 Å². The Morgan fingerprint density at radius 1 is 1.22 bits per heavy atom. The van der Waals surface area contributed by atoms with E-state index in [1.54, 1.807) is 35.7 Å². The van der Waals surface area contributed by atoms with Gasteiger partial charge in [-0.05, 0) is 45.1 Å². The number of halogens is 2. The van der Waals surface area contributed by atoms with Crippen molar-refractivity contribution in [3.05, 3.63) is 45.7 Å². The first kappa shape index (κ1) is 13.9. The summed E-state index contributed by atoms with van der Waals surface area (Å²) < 4.78 is 27.5. The molecule has 0 radical (unpaired) electrons. The van der Waals surface area contributed by atoms with Crippen molar-refractivity contribution < 1.29 is 8.42 Å². The lowest BCUT2D eigenvalue weighted by atomic mass is 10.2.